The molecule has 0 heterocycles. The third-order valence-electron chi connectivity index (χ3n) is 2.79. The molecule has 0 saturated carbocycles. The van der Waals surface area contributed by atoms with Gasteiger partial charge in [0.05, 0.1) is 10.0 Å². The molecule has 0 aromatic heterocycles. The molecule has 0 bridgehead atoms. The second kappa shape index (κ2) is 8.15. The highest BCUT2D eigenvalue weighted by molar-refractivity contribution is 7.80. The monoisotopic (exact) mass is 368 g/mol. The SMILES string of the molecule is Cc1cccc(OCC(=O)NC(=S)Nc2ccc(Cl)c(Cl)c2)c1. The lowest BCUT2D eigenvalue weighted by atomic mass is 10.2. The number of halogens is 2. The molecule has 7 heteroatoms. The Balaban J connectivity index is 1.82. The average Bonchev–Trinajstić information content (AvgIpc) is 2.49. The maximum Gasteiger partial charge on any atom is 0.264 e. The van der Waals surface area contributed by atoms with Crippen molar-refractivity contribution >= 4 is 52.1 Å². The number of anilines is 1. The van der Waals surface area contributed by atoms with E-state index in [0.717, 1.165) is 5.56 Å². The first-order valence-corrected chi connectivity index (χ1v) is 7.86. The number of ether oxygens (including phenoxy) is 1. The van der Waals surface area contributed by atoms with Gasteiger partial charge in [-0.25, -0.2) is 0 Å². The molecule has 0 aliphatic carbocycles. The fraction of sp³-hybridized carbons (Fsp3) is 0.125. The molecule has 2 N–H and O–H groups in total. The third kappa shape index (κ3) is 5.71. The summed E-state index contributed by atoms with van der Waals surface area (Å²) in [6.07, 6.45) is 0. The fourth-order valence-electron chi connectivity index (χ4n) is 1.75. The summed E-state index contributed by atoms with van der Waals surface area (Å²) in [5.41, 5.74) is 1.68. The van der Waals surface area contributed by atoms with Crippen LogP contribution in [0.2, 0.25) is 10.0 Å². The van der Waals surface area contributed by atoms with E-state index in [1.54, 1.807) is 24.3 Å². The van der Waals surface area contributed by atoms with E-state index in [1.165, 1.54) is 0 Å². The highest BCUT2D eigenvalue weighted by atomic mass is 35.5. The lowest BCUT2D eigenvalue weighted by Crippen LogP contribution is -2.37. The number of benzene rings is 2. The van der Waals surface area contributed by atoms with Crippen molar-refractivity contribution in [2.24, 2.45) is 0 Å². The Morgan fingerprint density at radius 1 is 1.17 bits per heavy atom. The zero-order valence-corrected chi connectivity index (χ0v) is 14.6. The first-order valence-electron chi connectivity index (χ1n) is 6.69. The number of carbonyl (C=O) groups excluding carboxylic acids is 1. The van der Waals surface area contributed by atoms with Crippen LogP contribution < -0.4 is 15.4 Å². The van der Waals surface area contributed by atoms with Gasteiger partial charge in [-0.1, -0.05) is 35.3 Å². The second-order valence-corrected chi connectivity index (χ2v) is 5.96. The minimum atomic E-state index is -0.357. The van der Waals surface area contributed by atoms with Crippen LogP contribution >= 0.6 is 35.4 Å². The van der Waals surface area contributed by atoms with E-state index < -0.39 is 0 Å². The molecule has 0 aliphatic heterocycles. The van der Waals surface area contributed by atoms with Gasteiger partial charge in [0.1, 0.15) is 5.75 Å². The van der Waals surface area contributed by atoms with Crippen molar-refractivity contribution in [3.63, 3.8) is 0 Å². The Morgan fingerprint density at radius 3 is 2.65 bits per heavy atom. The van der Waals surface area contributed by atoms with Crippen LogP contribution in [-0.4, -0.2) is 17.6 Å². The Hall–Kier alpha value is -1.82. The summed E-state index contributed by atoms with van der Waals surface area (Å²) in [5, 5.41) is 6.37. The van der Waals surface area contributed by atoms with Gasteiger partial charge in [-0.15, -0.1) is 0 Å². The van der Waals surface area contributed by atoms with Crippen molar-refractivity contribution in [3.05, 3.63) is 58.1 Å². The molecule has 0 saturated heterocycles. The summed E-state index contributed by atoms with van der Waals surface area (Å²) >= 11 is 16.8. The van der Waals surface area contributed by atoms with E-state index in [2.05, 4.69) is 10.6 Å². The molecule has 120 valence electrons. The van der Waals surface area contributed by atoms with Gasteiger partial charge in [0.2, 0.25) is 0 Å². The van der Waals surface area contributed by atoms with Gasteiger partial charge in [-0.3, -0.25) is 10.1 Å². The van der Waals surface area contributed by atoms with Crippen LogP contribution in [0.15, 0.2) is 42.5 Å². The number of rotatable bonds is 4. The molecule has 0 unspecified atom stereocenters. The normalized spacial score (nSPS) is 10.0. The van der Waals surface area contributed by atoms with Gasteiger partial charge in [0.15, 0.2) is 11.7 Å². The molecule has 2 aromatic rings. The number of hydrogen-bond donors (Lipinski definition) is 2. The Morgan fingerprint density at radius 2 is 1.96 bits per heavy atom. The van der Waals surface area contributed by atoms with Crippen LogP contribution in [0, 0.1) is 6.92 Å². The highest BCUT2D eigenvalue weighted by Crippen LogP contribution is 2.24. The minimum Gasteiger partial charge on any atom is -0.484 e. The summed E-state index contributed by atoms with van der Waals surface area (Å²) in [6, 6.07) is 12.4. The first-order chi connectivity index (χ1) is 10.9. The summed E-state index contributed by atoms with van der Waals surface area (Å²) in [4.78, 5) is 11.8. The van der Waals surface area contributed by atoms with Crippen molar-refractivity contribution in [2.45, 2.75) is 6.92 Å². The van der Waals surface area contributed by atoms with E-state index in [-0.39, 0.29) is 17.6 Å². The highest BCUT2D eigenvalue weighted by Gasteiger charge is 2.07. The molecular weight excluding hydrogens is 355 g/mol. The zero-order chi connectivity index (χ0) is 16.8. The maximum atomic E-state index is 11.8. The molecule has 2 rings (SSSR count). The molecular formula is C16H14Cl2N2O2S. The van der Waals surface area contributed by atoms with Gasteiger partial charge in [0.25, 0.3) is 5.91 Å². The molecule has 0 atom stereocenters. The summed E-state index contributed by atoms with van der Waals surface area (Å²) in [6.45, 7) is 1.82. The molecule has 0 spiro atoms. The molecule has 0 fully saturated rings. The topological polar surface area (TPSA) is 50.4 Å². The van der Waals surface area contributed by atoms with E-state index in [1.807, 2.05) is 25.1 Å². The Bertz CT molecular complexity index is 738. The predicted octanol–water partition coefficient (Wildman–Crippen LogP) is 4.19. The zero-order valence-electron chi connectivity index (χ0n) is 12.2. The van der Waals surface area contributed by atoms with Gasteiger partial charge < -0.3 is 10.1 Å². The van der Waals surface area contributed by atoms with E-state index in [9.17, 15) is 4.79 Å². The van der Waals surface area contributed by atoms with Crippen molar-refractivity contribution < 1.29 is 9.53 Å². The van der Waals surface area contributed by atoms with Crippen molar-refractivity contribution in [3.8, 4) is 5.75 Å². The number of nitrogens with one attached hydrogen (secondary N) is 2. The average molecular weight is 369 g/mol. The Kier molecular flexibility index (Phi) is 6.21. The van der Waals surface area contributed by atoms with Gasteiger partial charge in [-0.05, 0) is 55.0 Å². The molecule has 4 nitrogen and oxygen atoms in total. The number of amides is 1. The smallest absolute Gasteiger partial charge is 0.264 e. The lowest BCUT2D eigenvalue weighted by molar-refractivity contribution is -0.121. The van der Waals surface area contributed by atoms with Crippen LogP contribution in [0.4, 0.5) is 5.69 Å². The lowest BCUT2D eigenvalue weighted by Gasteiger charge is -2.11. The molecule has 0 radical (unpaired) electrons. The van der Waals surface area contributed by atoms with Crippen LogP contribution in [0.3, 0.4) is 0 Å². The summed E-state index contributed by atoms with van der Waals surface area (Å²) < 4.78 is 5.40. The van der Waals surface area contributed by atoms with E-state index in [4.69, 9.17) is 40.2 Å². The fourth-order valence-corrected chi connectivity index (χ4v) is 2.28. The number of thiocarbonyl (C=S) groups is 1. The van der Waals surface area contributed by atoms with E-state index >= 15 is 0 Å². The maximum absolute atomic E-state index is 11.8. The quantitative estimate of drug-likeness (QED) is 0.794. The molecule has 1 amide bonds. The van der Waals surface area contributed by atoms with Crippen LogP contribution in [0.1, 0.15) is 5.56 Å². The van der Waals surface area contributed by atoms with Crippen LogP contribution in [0.25, 0.3) is 0 Å². The first kappa shape index (κ1) is 17.5. The predicted molar refractivity (Wildman–Crippen MR) is 97.5 cm³/mol. The molecule has 23 heavy (non-hydrogen) atoms. The number of aryl methyl sites for hydroxylation is 1. The molecule has 0 aliphatic rings. The van der Waals surface area contributed by atoms with Gasteiger partial charge in [0, 0.05) is 5.69 Å². The molecule has 2 aromatic carbocycles. The minimum absolute atomic E-state index is 0.132. The number of hydrogen-bond acceptors (Lipinski definition) is 3. The van der Waals surface area contributed by atoms with Gasteiger partial charge in [-0.2, -0.15) is 0 Å². The van der Waals surface area contributed by atoms with Crippen LogP contribution in [-0.2, 0) is 4.79 Å². The van der Waals surface area contributed by atoms with E-state index in [0.29, 0.717) is 21.5 Å². The number of carbonyl (C=O) groups is 1. The standard InChI is InChI=1S/C16H14Cl2N2O2S/c1-10-3-2-4-12(7-10)22-9-15(21)20-16(23)19-11-5-6-13(17)14(18)8-11/h2-8H,9H2,1H3,(H2,19,20,21,23). The van der Waals surface area contributed by atoms with Gasteiger partial charge >= 0.3 is 0 Å². The van der Waals surface area contributed by atoms with Crippen LogP contribution in [0.5, 0.6) is 5.75 Å². The third-order valence-corrected chi connectivity index (χ3v) is 3.73. The Labute approximate surface area is 149 Å². The van der Waals surface area contributed by atoms with Crippen molar-refractivity contribution in [2.75, 3.05) is 11.9 Å². The summed E-state index contributed by atoms with van der Waals surface area (Å²) in [5.74, 6) is 0.271. The summed E-state index contributed by atoms with van der Waals surface area (Å²) in [7, 11) is 0. The van der Waals surface area contributed by atoms with Crippen molar-refractivity contribution in [1.82, 2.24) is 5.32 Å². The van der Waals surface area contributed by atoms with Crippen molar-refractivity contribution in [1.29, 1.82) is 0 Å². The largest absolute Gasteiger partial charge is 0.484 e. The second-order valence-electron chi connectivity index (χ2n) is 4.74.